The second-order valence-electron chi connectivity index (χ2n) is 6.49. The van der Waals surface area contributed by atoms with Gasteiger partial charge in [-0.1, -0.05) is 55.3 Å². The van der Waals surface area contributed by atoms with E-state index in [2.05, 4.69) is 13.5 Å². The van der Waals surface area contributed by atoms with E-state index < -0.39 is 18.1 Å². The summed E-state index contributed by atoms with van der Waals surface area (Å²) >= 11 is 1.48. The molecule has 0 unspecified atom stereocenters. The highest BCUT2D eigenvalue weighted by Gasteiger charge is 2.26. The Kier molecular flexibility index (Phi) is 8.10. The largest absolute Gasteiger partial charge is 0.507 e. The summed E-state index contributed by atoms with van der Waals surface area (Å²) in [4.78, 5) is 0.840. The van der Waals surface area contributed by atoms with Gasteiger partial charge in [0.1, 0.15) is 5.75 Å². The number of allylic oxidation sites excluding steroid dienone is 1. The second-order valence-corrected chi connectivity index (χ2v) is 7.47. The van der Waals surface area contributed by atoms with E-state index in [-0.39, 0.29) is 5.75 Å². The summed E-state index contributed by atoms with van der Waals surface area (Å²) in [5.41, 5.74) is 1.98. The summed E-state index contributed by atoms with van der Waals surface area (Å²) in [6.45, 7) is 5.91. The first-order valence-electron chi connectivity index (χ1n) is 9.06. The lowest BCUT2D eigenvalue weighted by molar-refractivity contribution is 0.0336. The number of aliphatic hydroxyl groups is 2. The molecule has 3 atom stereocenters. The van der Waals surface area contributed by atoms with Crippen LogP contribution in [0.25, 0.3) is 6.08 Å². The van der Waals surface area contributed by atoms with Crippen LogP contribution in [0.5, 0.6) is 5.75 Å². The highest BCUT2D eigenvalue weighted by atomic mass is 32.1. The molecular formula is C22H28O3S. The Morgan fingerprint density at radius 1 is 1.15 bits per heavy atom. The molecule has 0 aliphatic rings. The van der Waals surface area contributed by atoms with Crippen LogP contribution < -0.4 is 0 Å². The van der Waals surface area contributed by atoms with Gasteiger partial charge in [0.15, 0.2) is 0 Å². The highest BCUT2D eigenvalue weighted by Crippen LogP contribution is 2.31. The van der Waals surface area contributed by atoms with Gasteiger partial charge in [-0.15, -0.1) is 17.9 Å². The molecule has 0 aliphatic carbocycles. The van der Waals surface area contributed by atoms with Crippen molar-refractivity contribution in [2.24, 2.45) is 5.92 Å². The number of hydrogen-bond donors (Lipinski definition) is 3. The number of aliphatic hydroxyl groups excluding tert-OH is 2. The van der Waals surface area contributed by atoms with E-state index in [0.717, 1.165) is 23.3 Å². The summed E-state index contributed by atoms with van der Waals surface area (Å²) in [6, 6.07) is 11.0. The van der Waals surface area contributed by atoms with Crippen molar-refractivity contribution < 1.29 is 15.3 Å². The first kappa shape index (κ1) is 20.4. The summed E-state index contributed by atoms with van der Waals surface area (Å²) in [5.74, 6) is -0.139. The van der Waals surface area contributed by atoms with Crippen molar-refractivity contribution in [1.29, 1.82) is 0 Å². The van der Waals surface area contributed by atoms with E-state index in [1.165, 1.54) is 16.9 Å². The SMILES string of the molecule is C=C[C@H]([C@H](O)CC/C(=C/c1ccccc1O)CCC)[C@H](O)c1cccs1. The number of hydrogen-bond acceptors (Lipinski definition) is 4. The van der Waals surface area contributed by atoms with Gasteiger partial charge < -0.3 is 15.3 Å². The summed E-state index contributed by atoms with van der Waals surface area (Å²) < 4.78 is 0. The predicted octanol–water partition coefficient (Wildman–Crippen LogP) is 5.31. The number of thiophene rings is 1. The molecule has 0 radical (unpaired) electrons. The van der Waals surface area contributed by atoms with Crippen LogP contribution >= 0.6 is 11.3 Å². The van der Waals surface area contributed by atoms with E-state index in [0.29, 0.717) is 12.8 Å². The van der Waals surface area contributed by atoms with Crippen molar-refractivity contribution in [1.82, 2.24) is 0 Å². The minimum atomic E-state index is -0.737. The first-order chi connectivity index (χ1) is 12.6. The lowest BCUT2D eigenvalue weighted by Crippen LogP contribution is -2.24. The standard InChI is InChI=1S/C22H28O3S/c1-3-8-16(15-17-9-5-6-10-19(17)23)12-13-20(24)18(4-2)22(25)21-11-7-14-26-21/h4-7,9-11,14-15,18,20,22-25H,2-3,8,12-13H2,1H3/b16-15+/t18-,20-,22+/m1/s1. The van der Waals surface area contributed by atoms with Crippen LogP contribution in [0.15, 0.2) is 60.0 Å². The zero-order valence-electron chi connectivity index (χ0n) is 15.2. The zero-order valence-corrected chi connectivity index (χ0v) is 16.0. The Bertz CT molecular complexity index is 706. The Morgan fingerprint density at radius 2 is 1.92 bits per heavy atom. The predicted molar refractivity (Wildman–Crippen MR) is 109 cm³/mol. The van der Waals surface area contributed by atoms with Gasteiger partial charge in [0.25, 0.3) is 0 Å². The van der Waals surface area contributed by atoms with Gasteiger partial charge in [0.2, 0.25) is 0 Å². The maximum absolute atomic E-state index is 10.6. The number of para-hydroxylation sites is 1. The molecule has 140 valence electrons. The van der Waals surface area contributed by atoms with E-state index >= 15 is 0 Å². The maximum Gasteiger partial charge on any atom is 0.122 e. The third-order valence-corrected chi connectivity index (χ3v) is 5.49. The van der Waals surface area contributed by atoms with Crippen molar-refractivity contribution in [2.75, 3.05) is 0 Å². The van der Waals surface area contributed by atoms with Crippen LogP contribution in [0.3, 0.4) is 0 Å². The number of benzene rings is 1. The van der Waals surface area contributed by atoms with Crippen LogP contribution in [-0.4, -0.2) is 21.4 Å². The molecule has 0 saturated heterocycles. The molecule has 0 fully saturated rings. The van der Waals surface area contributed by atoms with E-state index in [9.17, 15) is 15.3 Å². The zero-order chi connectivity index (χ0) is 18.9. The number of phenolic OH excluding ortho intramolecular Hbond substituents is 1. The molecule has 0 spiro atoms. The Morgan fingerprint density at radius 3 is 2.54 bits per heavy atom. The Labute approximate surface area is 160 Å². The molecule has 1 aromatic carbocycles. The average molecular weight is 373 g/mol. The number of rotatable bonds is 10. The smallest absolute Gasteiger partial charge is 0.122 e. The molecule has 2 aromatic rings. The summed E-state index contributed by atoms with van der Waals surface area (Å²) in [7, 11) is 0. The fourth-order valence-corrected chi connectivity index (χ4v) is 3.86. The summed E-state index contributed by atoms with van der Waals surface area (Å²) in [6.07, 6.45) is 5.40. The van der Waals surface area contributed by atoms with Gasteiger partial charge in [-0.05, 0) is 36.8 Å². The lowest BCUT2D eigenvalue weighted by atomic mass is 9.90. The van der Waals surface area contributed by atoms with Crippen LogP contribution in [0.4, 0.5) is 0 Å². The second kappa shape index (κ2) is 10.3. The fraction of sp³-hybridized carbons (Fsp3) is 0.364. The van der Waals surface area contributed by atoms with Crippen molar-refractivity contribution in [3.8, 4) is 5.75 Å². The van der Waals surface area contributed by atoms with Crippen molar-refractivity contribution in [2.45, 2.75) is 44.8 Å². The van der Waals surface area contributed by atoms with Crippen LogP contribution in [0, 0.1) is 5.92 Å². The molecule has 2 rings (SSSR count). The normalized spacial score (nSPS) is 15.4. The Balaban J connectivity index is 2.05. The van der Waals surface area contributed by atoms with Crippen LogP contribution in [-0.2, 0) is 0 Å². The third-order valence-electron chi connectivity index (χ3n) is 4.54. The van der Waals surface area contributed by atoms with E-state index in [1.807, 2.05) is 35.7 Å². The third kappa shape index (κ3) is 5.56. The maximum atomic E-state index is 10.6. The topological polar surface area (TPSA) is 60.7 Å². The molecule has 3 N–H and O–H groups in total. The van der Waals surface area contributed by atoms with Gasteiger partial charge in [0, 0.05) is 16.4 Å². The molecular weight excluding hydrogens is 344 g/mol. The molecule has 0 bridgehead atoms. The van der Waals surface area contributed by atoms with Gasteiger partial charge in [-0.25, -0.2) is 0 Å². The minimum absolute atomic E-state index is 0.263. The van der Waals surface area contributed by atoms with Crippen LogP contribution in [0.1, 0.15) is 49.2 Å². The molecule has 1 heterocycles. The molecule has 0 amide bonds. The number of aromatic hydroxyl groups is 1. The minimum Gasteiger partial charge on any atom is -0.507 e. The fourth-order valence-electron chi connectivity index (χ4n) is 3.09. The molecule has 3 nitrogen and oxygen atoms in total. The van der Waals surface area contributed by atoms with Crippen molar-refractivity contribution in [3.63, 3.8) is 0 Å². The highest BCUT2D eigenvalue weighted by molar-refractivity contribution is 7.10. The van der Waals surface area contributed by atoms with E-state index in [4.69, 9.17) is 0 Å². The molecule has 1 aromatic heterocycles. The quantitative estimate of drug-likeness (QED) is 0.495. The monoisotopic (exact) mass is 372 g/mol. The summed E-state index contributed by atoms with van der Waals surface area (Å²) in [5, 5.41) is 33.0. The average Bonchev–Trinajstić information content (AvgIpc) is 3.17. The van der Waals surface area contributed by atoms with Gasteiger partial charge >= 0.3 is 0 Å². The molecule has 4 heteroatoms. The van der Waals surface area contributed by atoms with Gasteiger partial charge in [0.05, 0.1) is 12.2 Å². The lowest BCUT2D eigenvalue weighted by Gasteiger charge is -2.24. The molecule has 0 aliphatic heterocycles. The van der Waals surface area contributed by atoms with Crippen molar-refractivity contribution >= 4 is 17.4 Å². The van der Waals surface area contributed by atoms with Crippen molar-refractivity contribution in [3.05, 3.63) is 70.4 Å². The van der Waals surface area contributed by atoms with Crippen LogP contribution in [0.2, 0.25) is 0 Å². The van der Waals surface area contributed by atoms with Gasteiger partial charge in [-0.2, -0.15) is 0 Å². The Hall–Kier alpha value is -1.88. The number of phenols is 1. The van der Waals surface area contributed by atoms with E-state index in [1.54, 1.807) is 18.2 Å². The molecule has 26 heavy (non-hydrogen) atoms. The van der Waals surface area contributed by atoms with Gasteiger partial charge in [-0.3, -0.25) is 0 Å². The first-order valence-corrected chi connectivity index (χ1v) is 9.94. The molecule has 0 saturated carbocycles.